The fraction of sp³-hybridized carbons (Fsp3) is 0.227. The fourth-order valence-electron chi connectivity index (χ4n) is 3.04. The number of hydrogen-bond acceptors (Lipinski definition) is 3. The van der Waals surface area contributed by atoms with Gasteiger partial charge in [0.25, 0.3) is 5.91 Å². The predicted molar refractivity (Wildman–Crippen MR) is 107 cm³/mol. The minimum atomic E-state index is -4.60. The van der Waals surface area contributed by atoms with Crippen molar-refractivity contribution in [1.29, 1.82) is 5.26 Å². The Balaban J connectivity index is 2.01. The van der Waals surface area contributed by atoms with Crippen molar-refractivity contribution >= 4 is 11.6 Å². The summed E-state index contributed by atoms with van der Waals surface area (Å²) in [5, 5.41) is 16.0. The number of anilines is 1. The third-order valence-corrected chi connectivity index (χ3v) is 4.59. The van der Waals surface area contributed by atoms with Crippen LogP contribution in [0.2, 0.25) is 0 Å². The molecule has 8 heteroatoms. The van der Waals surface area contributed by atoms with Crippen LogP contribution in [-0.2, 0) is 6.18 Å². The number of aromatic nitrogens is 2. The number of hydrogen-bond donors (Lipinski definition) is 1. The highest BCUT2D eigenvalue weighted by Crippen LogP contribution is 2.34. The van der Waals surface area contributed by atoms with Crippen molar-refractivity contribution in [3.63, 3.8) is 0 Å². The van der Waals surface area contributed by atoms with Crippen LogP contribution in [0.25, 0.3) is 11.3 Å². The van der Waals surface area contributed by atoms with Crippen molar-refractivity contribution in [2.75, 3.05) is 5.32 Å². The molecular weight excluding hydrogens is 393 g/mol. The van der Waals surface area contributed by atoms with Crippen LogP contribution in [0.5, 0.6) is 0 Å². The molecule has 2 aromatic carbocycles. The molecule has 1 aromatic heterocycles. The van der Waals surface area contributed by atoms with Gasteiger partial charge < -0.3 is 5.32 Å². The standard InChI is InChI=1S/C22H19F3N4O/c1-13(2)29-19(11-20(28-29)22(23,24)25)17-9-8-15(10-16(17)12-26)21(30)27-18-7-5-4-6-14(18)3/h4-11,13H,1-3H3,(H,27,30). The molecule has 154 valence electrons. The number of para-hydroxylation sites is 1. The predicted octanol–water partition coefficient (Wildman–Crippen LogP) is 5.58. The van der Waals surface area contributed by atoms with E-state index in [1.54, 1.807) is 26.0 Å². The van der Waals surface area contributed by atoms with Crippen molar-refractivity contribution in [1.82, 2.24) is 9.78 Å². The summed E-state index contributed by atoms with van der Waals surface area (Å²) in [5.74, 6) is -0.416. The van der Waals surface area contributed by atoms with E-state index in [4.69, 9.17) is 0 Å². The molecular formula is C22H19F3N4O. The number of halogens is 3. The van der Waals surface area contributed by atoms with Gasteiger partial charge >= 0.3 is 6.18 Å². The summed E-state index contributed by atoms with van der Waals surface area (Å²) in [6, 6.07) is 14.1. The normalized spacial score (nSPS) is 11.4. The average Bonchev–Trinajstić information content (AvgIpc) is 3.15. The van der Waals surface area contributed by atoms with Gasteiger partial charge in [-0.1, -0.05) is 24.3 Å². The number of nitrogens with one attached hydrogen (secondary N) is 1. The topological polar surface area (TPSA) is 70.7 Å². The van der Waals surface area contributed by atoms with Gasteiger partial charge in [-0.25, -0.2) is 0 Å². The smallest absolute Gasteiger partial charge is 0.322 e. The van der Waals surface area contributed by atoms with Crippen LogP contribution in [-0.4, -0.2) is 15.7 Å². The fourth-order valence-corrected chi connectivity index (χ4v) is 3.04. The Morgan fingerprint density at radius 1 is 1.17 bits per heavy atom. The Kier molecular flexibility index (Phi) is 5.65. The summed E-state index contributed by atoms with van der Waals surface area (Å²) in [5.41, 5.74) is 1.24. The molecule has 0 saturated heterocycles. The van der Waals surface area contributed by atoms with E-state index in [1.165, 1.54) is 22.9 Å². The van der Waals surface area contributed by atoms with Crippen molar-refractivity contribution in [2.45, 2.75) is 33.0 Å². The zero-order valence-electron chi connectivity index (χ0n) is 16.6. The summed E-state index contributed by atoms with van der Waals surface area (Å²) in [7, 11) is 0. The summed E-state index contributed by atoms with van der Waals surface area (Å²) in [6.45, 7) is 5.25. The van der Waals surface area contributed by atoms with Crippen molar-refractivity contribution < 1.29 is 18.0 Å². The Labute approximate surface area is 171 Å². The van der Waals surface area contributed by atoms with E-state index in [-0.39, 0.29) is 28.4 Å². The average molecular weight is 412 g/mol. The summed E-state index contributed by atoms with van der Waals surface area (Å²) in [4.78, 5) is 12.6. The molecule has 0 bridgehead atoms. The van der Waals surface area contributed by atoms with Gasteiger partial charge in [-0.15, -0.1) is 0 Å². The number of amides is 1. The lowest BCUT2D eigenvalue weighted by atomic mass is 10.0. The lowest BCUT2D eigenvalue weighted by molar-refractivity contribution is -0.141. The molecule has 0 radical (unpaired) electrons. The first kappa shape index (κ1) is 21.1. The second-order valence-corrected chi connectivity index (χ2v) is 7.09. The van der Waals surface area contributed by atoms with E-state index >= 15 is 0 Å². The van der Waals surface area contributed by atoms with Crippen LogP contribution in [0.3, 0.4) is 0 Å². The maximum Gasteiger partial charge on any atom is 0.435 e. The molecule has 0 aliphatic heterocycles. The first-order valence-electron chi connectivity index (χ1n) is 9.20. The highest BCUT2D eigenvalue weighted by atomic mass is 19.4. The van der Waals surface area contributed by atoms with Gasteiger partial charge in [0.05, 0.1) is 17.3 Å². The van der Waals surface area contributed by atoms with E-state index in [0.29, 0.717) is 5.69 Å². The van der Waals surface area contributed by atoms with Crippen LogP contribution in [0.1, 0.15) is 47.1 Å². The molecule has 0 aliphatic carbocycles. The Morgan fingerprint density at radius 2 is 1.87 bits per heavy atom. The molecule has 30 heavy (non-hydrogen) atoms. The van der Waals surface area contributed by atoms with Crippen LogP contribution < -0.4 is 5.32 Å². The molecule has 0 saturated carbocycles. The highest BCUT2D eigenvalue weighted by molar-refractivity contribution is 6.05. The molecule has 1 N–H and O–H groups in total. The van der Waals surface area contributed by atoms with Crippen LogP contribution in [0.15, 0.2) is 48.5 Å². The maximum absolute atomic E-state index is 13.2. The number of alkyl halides is 3. The third-order valence-electron chi connectivity index (χ3n) is 4.59. The van der Waals surface area contributed by atoms with Gasteiger partial charge in [-0.3, -0.25) is 9.48 Å². The Hall–Kier alpha value is -3.60. The van der Waals surface area contributed by atoms with Gasteiger partial charge in [0, 0.05) is 22.9 Å². The van der Waals surface area contributed by atoms with Gasteiger partial charge in [0.2, 0.25) is 0 Å². The zero-order chi connectivity index (χ0) is 22.1. The van der Waals surface area contributed by atoms with Gasteiger partial charge in [-0.05, 0) is 50.6 Å². The lowest BCUT2D eigenvalue weighted by Crippen LogP contribution is -2.13. The van der Waals surface area contributed by atoms with Gasteiger partial charge in [0.1, 0.15) is 0 Å². The Morgan fingerprint density at radius 3 is 2.47 bits per heavy atom. The number of aryl methyl sites for hydroxylation is 1. The van der Waals surface area contributed by atoms with E-state index in [9.17, 15) is 23.2 Å². The van der Waals surface area contributed by atoms with Crippen molar-refractivity contribution in [2.24, 2.45) is 0 Å². The molecule has 3 aromatic rings. The number of carbonyl (C=O) groups is 1. The van der Waals surface area contributed by atoms with Crippen LogP contribution in [0.4, 0.5) is 18.9 Å². The quantitative estimate of drug-likeness (QED) is 0.608. The van der Waals surface area contributed by atoms with Gasteiger partial charge in [-0.2, -0.15) is 23.5 Å². The van der Waals surface area contributed by atoms with E-state index < -0.39 is 17.8 Å². The second kappa shape index (κ2) is 8.03. The molecule has 0 fully saturated rings. The zero-order valence-corrected chi connectivity index (χ0v) is 16.6. The molecule has 0 spiro atoms. The minimum Gasteiger partial charge on any atom is -0.322 e. The number of benzene rings is 2. The molecule has 0 unspecified atom stereocenters. The maximum atomic E-state index is 13.2. The molecule has 3 rings (SSSR count). The first-order chi connectivity index (χ1) is 14.1. The van der Waals surface area contributed by atoms with E-state index in [2.05, 4.69) is 10.4 Å². The van der Waals surface area contributed by atoms with Crippen molar-refractivity contribution in [3.05, 3.63) is 70.9 Å². The number of nitriles is 1. The Bertz CT molecular complexity index is 1140. The van der Waals surface area contributed by atoms with Crippen LogP contribution >= 0.6 is 0 Å². The molecule has 1 amide bonds. The molecule has 1 heterocycles. The minimum absolute atomic E-state index is 0.0861. The number of rotatable bonds is 4. The summed E-state index contributed by atoms with van der Waals surface area (Å²) >= 11 is 0. The molecule has 0 aliphatic rings. The van der Waals surface area contributed by atoms with E-state index in [1.807, 2.05) is 25.1 Å². The summed E-state index contributed by atoms with van der Waals surface area (Å²) < 4.78 is 40.7. The van der Waals surface area contributed by atoms with E-state index in [0.717, 1.165) is 11.6 Å². The van der Waals surface area contributed by atoms with Crippen LogP contribution in [0, 0.1) is 18.3 Å². The lowest BCUT2D eigenvalue weighted by Gasteiger charge is -2.13. The first-order valence-corrected chi connectivity index (χ1v) is 9.20. The summed E-state index contributed by atoms with van der Waals surface area (Å²) in [6.07, 6.45) is -4.60. The second-order valence-electron chi connectivity index (χ2n) is 7.09. The third kappa shape index (κ3) is 4.20. The van der Waals surface area contributed by atoms with Crippen molar-refractivity contribution in [3.8, 4) is 17.3 Å². The largest absolute Gasteiger partial charge is 0.435 e. The monoisotopic (exact) mass is 412 g/mol. The molecule has 5 nitrogen and oxygen atoms in total. The number of nitrogens with zero attached hydrogens (tertiary/aromatic N) is 3. The van der Waals surface area contributed by atoms with Gasteiger partial charge in [0.15, 0.2) is 5.69 Å². The number of carbonyl (C=O) groups excluding carboxylic acids is 1. The SMILES string of the molecule is Cc1ccccc1NC(=O)c1ccc(-c2cc(C(F)(F)F)nn2C(C)C)c(C#N)c1. The highest BCUT2D eigenvalue weighted by Gasteiger charge is 2.35. The molecule has 0 atom stereocenters.